The molecule has 4 aromatic rings. The molecule has 0 fully saturated rings. The number of benzene rings is 3. The molecule has 0 aliphatic carbocycles. The van der Waals surface area contributed by atoms with E-state index in [4.69, 9.17) is 0 Å². The second-order valence-electron chi connectivity index (χ2n) is 7.17. The summed E-state index contributed by atoms with van der Waals surface area (Å²) in [5.41, 5.74) is 5.08. The number of aryl methyl sites for hydroxylation is 1. The molecule has 3 aromatic carbocycles. The van der Waals surface area contributed by atoms with Crippen LogP contribution < -0.4 is 10.6 Å². The van der Waals surface area contributed by atoms with Crippen molar-refractivity contribution in [3.8, 4) is 11.3 Å². The molecular weight excluding hydrogens is 391 g/mol. The predicted molar refractivity (Wildman–Crippen MR) is 119 cm³/mol. The minimum atomic E-state index is -0.302. The summed E-state index contributed by atoms with van der Waals surface area (Å²) in [5.74, 6) is 0.120. The molecule has 0 saturated carbocycles. The van der Waals surface area contributed by atoms with Gasteiger partial charge in [-0.25, -0.2) is 14.4 Å². The lowest BCUT2D eigenvalue weighted by molar-refractivity contribution is 0.0951. The average molecular weight is 412 g/mol. The first-order chi connectivity index (χ1) is 15.1. The first kappa shape index (κ1) is 20.2. The second kappa shape index (κ2) is 9.17. The van der Waals surface area contributed by atoms with Gasteiger partial charge in [0.2, 0.25) is 0 Å². The van der Waals surface area contributed by atoms with Crippen LogP contribution in [0.1, 0.15) is 21.5 Å². The molecule has 0 unspecified atom stereocenters. The second-order valence-corrected chi connectivity index (χ2v) is 7.17. The summed E-state index contributed by atoms with van der Waals surface area (Å²) < 4.78 is 13.0. The Morgan fingerprint density at radius 3 is 2.48 bits per heavy atom. The van der Waals surface area contributed by atoms with Crippen LogP contribution in [0, 0.1) is 12.7 Å². The van der Waals surface area contributed by atoms with Crippen LogP contribution in [0.3, 0.4) is 0 Å². The molecule has 2 N–H and O–H groups in total. The lowest BCUT2D eigenvalue weighted by Gasteiger charge is -2.10. The molecule has 0 spiro atoms. The van der Waals surface area contributed by atoms with Crippen LogP contribution in [0.5, 0.6) is 0 Å². The maximum Gasteiger partial charge on any atom is 0.251 e. The minimum Gasteiger partial charge on any atom is -0.348 e. The topological polar surface area (TPSA) is 66.9 Å². The van der Waals surface area contributed by atoms with Crippen molar-refractivity contribution < 1.29 is 9.18 Å². The molecule has 5 nitrogen and oxygen atoms in total. The quantitative estimate of drug-likeness (QED) is 0.453. The van der Waals surface area contributed by atoms with E-state index in [2.05, 4.69) is 20.6 Å². The summed E-state index contributed by atoms with van der Waals surface area (Å²) in [7, 11) is 0. The van der Waals surface area contributed by atoms with Crippen molar-refractivity contribution in [2.24, 2.45) is 0 Å². The van der Waals surface area contributed by atoms with Crippen LogP contribution in [-0.2, 0) is 6.54 Å². The summed E-state index contributed by atoms with van der Waals surface area (Å²) in [5, 5.41) is 6.07. The highest BCUT2D eigenvalue weighted by Gasteiger charge is 2.08. The Morgan fingerprint density at radius 1 is 0.935 bits per heavy atom. The van der Waals surface area contributed by atoms with E-state index in [0.29, 0.717) is 17.9 Å². The molecule has 31 heavy (non-hydrogen) atoms. The maximum atomic E-state index is 13.0. The van der Waals surface area contributed by atoms with Crippen molar-refractivity contribution in [1.29, 1.82) is 0 Å². The van der Waals surface area contributed by atoms with E-state index in [0.717, 1.165) is 22.5 Å². The van der Waals surface area contributed by atoms with Crippen LogP contribution in [0.15, 0.2) is 85.2 Å². The van der Waals surface area contributed by atoms with Crippen LogP contribution in [0.25, 0.3) is 11.3 Å². The number of aromatic nitrogens is 2. The molecule has 6 heteroatoms. The van der Waals surface area contributed by atoms with Gasteiger partial charge in [0.1, 0.15) is 18.0 Å². The highest BCUT2D eigenvalue weighted by atomic mass is 19.1. The Bertz CT molecular complexity index is 1190. The van der Waals surface area contributed by atoms with E-state index in [9.17, 15) is 9.18 Å². The fourth-order valence-corrected chi connectivity index (χ4v) is 3.08. The van der Waals surface area contributed by atoms with Crippen LogP contribution in [0.2, 0.25) is 0 Å². The molecular formula is C25H21FN4O. The largest absolute Gasteiger partial charge is 0.348 e. The highest BCUT2D eigenvalue weighted by Crippen LogP contribution is 2.22. The summed E-state index contributed by atoms with van der Waals surface area (Å²) in [6.45, 7) is 2.36. The van der Waals surface area contributed by atoms with E-state index in [-0.39, 0.29) is 11.7 Å². The van der Waals surface area contributed by atoms with Gasteiger partial charge in [-0.15, -0.1) is 0 Å². The van der Waals surface area contributed by atoms with Crippen molar-refractivity contribution in [3.63, 3.8) is 0 Å². The zero-order valence-corrected chi connectivity index (χ0v) is 17.0. The molecule has 1 amide bonds. The normalized spacial score (nSPS) is 10.5. The van der Waals surface area contributed by atoms with Crippen molar-refractivity contribution in [3.05, 3.63) is 108 Å². The summed E-state index contributed by atoms with van der Waals surface area (Å²) in [6, 6.07) is 23.2. The van der Waals surface area contributed by atoms with Gasteiger partial charge in [-0.05, 0) is 42.8 Å². The highest BCUT2D eigenvalue weighted by molar-refractivity contribution is 5.95. The zero-order valence-electron chi connectivity index (χ0n) is 17.0. The van der Waals surface area contributed by atoms with Gasteiger partial charge in [0.15, 0.2) is 0 Å². The van der Waals surface area contributed by atoms with Crippen LogP contribution in [0.4, 0.5) is 15.9 Å². The fourth-order valence-electron chi connectivity index (χ4n) is 3.08. The van der Waals surface area contributed by atoms with Crippen molar-refractivity contribution in [2.45, 2.75) is 13.5 Å². The van der Waals surface area contributed by atoms with Gasteiger partial charge >= 0.3 is 0 Å². The number of anilines is 2. The van der Waals surface area contributed by atoms with E-state index in [1.54, 1.807) is 30.3 Å². The third kappa shape index (κ3) is 5.30. The molecule has 1 aromatic heterocycles. The standard InChI is InChI=1S/C25H21FN4O/c1-17-5-9-19(10-6-17)23-14-24(29-16-28-23)30-22-4-2-3-20(13-22)25(31)27-15-18-7-11-21(26)12-8-18/h2-14,16H,15H2,1H3,(H,27,31)(H,28,29,30). The molecule has 0 saturated heterocycles. The number of amides is 1. The number of nitrogens with one attached hydrogen (secondary N) is 2. The fraction of sp³-hybridized carbons (Fsp3) is 0.0800. The van der Waals surface area contributed by atoms with E-state index in [1.165, 1.54) is 24.0 Å². The lowest BCUT2D eigenvalue weighted by Crippen LogP contribution is -2.22. The molecule has 4 rings (SSSR count). The van der Waals surface area contributed by atoms with Crippen molar-refractivity contribution in [2.75, 3.05) is 5.32 Å². The van der Waals surface area contributed by atoms with Gasteiger partial charge < -0.3 is 10.6 Å². The lowest BCUT2D eigenvalue weighted by atomic mass is 10.1. The Labute approximate surface area is 180 Å². The summed E-state index contributed by atoms with van der Waals surface area (Å²) in [6.07, 6.45) is 1.51. The number of halogens is 1. The molecule has 1 heterocycles. The first-order valence-corrected chi connectivity index (χ1v) is 9.86. The third-order valence-electron chi connectivity index (χ3n) is 4.78. The van der Waals surface area contributed by atoms with Gasteiger partial charge in [-0.2, -0.15) is 0 Å². The molecule has 0 radical (unpaired) electrons. The monoisotopic (exact) mass is 412 g/mol. The van der Waals surface area contributed by atoms with Gasteiger partial charge in [-0.1, -0.05) is 48.0 Å². The Kier molecular flexibility index (Phi) is 5.98. The number of nitrogens with zero attached hydrogens (tertiary/aromatic N) is 2. The number of hydrogen-bond donors (Lipinski definition) is 2. The maximum absolute atomic E-state index is 13.0. The SMILES string of the molecule is Cc1ccc(-c2cc(Nc3cccc(C(=O)NCc4ccc(F)cc4)c3)ncn2)cc1. The van der Waals surface area contributed by atoms with Gasteiger partial charge in [0, 0.05) is 29.4 Å². The summed E-state index contributed by atoms with van der Waals surface area (Å²) in [4.78, 5) is 21.1. The number of carbonyl (C=O) groups excluding carboxylic acids is 1. The van der Waals surface area contributed by atoms with E-state index >= 15 is 0 Å². The predicted octanol–water partition coefficient (Wildman–Crippen LogP) is 5.26. The molecule has 0 aliphatic rings. The number of carbonyl (C=O) groups is 1. The van der Waals surface area contributed by atoms with Crippen LogP contribution >= 0.6 is 0 Å². The average Bonchev–Trinajstić information content (AvgIpc) is 2.79. The molecule has 0 bridgehead atoms. The van der Waals surface area contributed by atoms with Gasteiger partial charge in [0.05, 0.1) is 5.69 Å². The molecule has 0 aliphatic heterocycles. The first-order valence-electron chi connectivity index (χ1n) is 9.86. The van der Waals surface area contributed by atoms with Gasteiger partial charge in [0.25, 0.3) is 5.91 Å². The van der Waals surface area contributed by atoms with Crippen LogP contribution in [-0.4, -0.2) is 15.9 Å². The van der Waals surface area contributed by atoms with E-state index in [1.807, 2.05) is 43.3 Å². The Balaban J connectivity index is 1.44. The Morgan fingerprint density at radius 2 is 1.71 bits per heavy atom. The molecule has 0 atom stereocenters. The van der Waals surface area contributed by atoms with Crippen molar-refractivity contribution >= 4 is 17.4 Å². The Hall–Kier alpha value is -4.06. The van der Waals surface area contributed by atoms with Gasteiger partial charge in [-0.3, -0.25) is 4.79 Å². The summed E-state index contributed by atoms with van der Waals surface area (Å²) >= 11 is 0. The van der Waals surface area contributed by atoms with Crippen molar-refractivity contribution in [1.82, 2.24) is 15.3 Å². The number of rotatable bonds is 6. The third-order valence-corrected chi connectivity index (χ3v) is 4.78. The smallest absolute Gasteiger partial charge is 0.251 e. The minimum absolute atomic E-state index is 0.212. The number of hydrogen-bond acceptors (Lipinski definition) is 4. The molecule has 154 valence electrons. The van der Waals surface area contributed by atoms with E-state index < -0.39 is 0 Å². The zero-order chi connectivity index (χ0) is 21.6.